The predicted octanol–water partition coefficient (Wildman–Crippen LogP) is 3.58. The minimum Gasteiger partial charge on any atom is -0.497 e. The van der Waals surface area contributed by atoms with Crippen molar-refractivity contribution in [1.29, 1.82) is 0 Å². The molecule has 1 aromatic rings. The van der Waals surface area contributed by atoms with Crippen molar-refractivity contribution in [2.75, 3.05) is 27.1 Å². The molecule has 90 valence electrons. The van der Waals surface area contributed by atoms with E-state index in [0.29, 0.717) is 5.88 Å². The number of methoxy groups -OCH3 is 1. The van der Waals surface area contributed by atoms with Crippen LogP contribution >= 0.6 is 23.2 Å². The van der Waals surface area contributed by atoms with Gasteiger partial charge in [-0.2, -0.15) is 0 Å². The van der Waals surface area contributed by atoms with Gasteiger partial charge < -0.3 is 9.64 Å². The van der Waals surface area contributed by atoms with Crippen LogP contribution in [0.3, 0.4) is 0 Å². The highest BCUT2D eigenvalue weighted by atomic mass is 35.5. The highest BCUT2D eigenvalue weighted by molar-refractivity contribution is 6.31. The number of benzene rings is 1. The Balaban J connectivity index is 3.00. The van der Waals surface area contributed by atoms with Crippen molar-refractivity contribution in [1.82, 2.24) is 4.90 Å². The summed E-state index contributed by atoms with van der Waals surface area (Å²) in [6, 6.07) is 6.00. The lowest BCUT2D eigenvalue weighted by molar-refractivity contribution is 0.293. The molecule has 0 aromatic heterocycles. The number of rotatable bonds is 5. The third-order valence-electron chi connectivity index (χ3n) is 2.57. The molecule has 4 heteroatoms. The van der Waals surface area contributed by atoms with E-state index in [1.165, 1.54) is 0 Å². The first-order valence-electron chi connectivity index (χ1n) is 5.16. The van der Waals surface area contributed by atoms with Crippen LogP contribution in [0.5, 0.6) is 5.75 Å². The van der Waals surface area contributed by atoms with Crippen molar-refractivity contribution in [3.05, 3.63) is 28.8 Å². The summed E-state index contributed by atoms with van der Waals surface area (Å²) < 4.78 is 5.13. The van der Waals surface area contributed by atoms with E-state index in [1.807, 2.05) is 32.3 Å². The van der Waals surface area contributed by atoms with Crippen molar-refractivity contribution in [2.45, 2.75) is 12.5 Å². The smallest absolute Gasteiger partial charge is 0.120 e. The topological polar surface area (TPSA) is 12.5 Å². The van der Waals surface area contributed by atoms with E-state index < -0.39 is 0 Å². The van der Waals surface area contributed by atoms with Crippen LogP contribution in [0.4, 0.5) is 0 Å². The third kappa shape index (κ3) is 3.27. The lowest BCUT2D eigenvalue weighted by Gasteiger charge is -2.25. The summed E-state index contributed by atoms with van der Waals surface area (Å²) in [5, 5.41) is 0.725. The van der Waals surface area contributed by atoms with Crippen LogP contribution in [-0.4, -0.2) is 32.0 Å². The van der Waals surface area contributed by atoms with Gasteiger partial charge in [0.1, 0.15) is 5.75 Å². The van der Waals surface area contributed by atoms with Gasteiger partial charge in [0.05, 0.1) is 7.11 Å². The molecule has 0 fully saturated rings. The predicted molar refractivity (Wildman–Crippen MR) is 69.8 cm³/mol. The molecule has 0 aliphatic carbocycles. The summed E-state index contributed by atoms with van der Waals surface area (Å²) in [5.41, 5.74) is 1.09. The zero-order chi connectivity index (χ0) is 12.1. The zero-order valence-corrected chi connectivity index (χ0v) is 11.3. The lowest BCUT2D eigenvalue weighted by atomic mass is 10.0. The number of nitrogens with zero attached hydrogens (tertiary/aromatic N) is 1. The molecule has 0 radical (unpaired) electrons. The van der Waals surface area contributed by atoms with Crippen LogP contribution in [0.15, 0.2) is 18.2 Å². The van der Waals surface area contributed by atoms with Crippen LogP contribution in [0.1, 0.15) is 18.0 Å². The molecule has 0 spiro atoms. The maximum atomic E-state index is 6.23. The van der Waals surface area contributed by atoms with Gasteiger partial charge in [0.2, 0.25) is 0 Å². The molecule has 2 nitrogen and oxygen atoms in total. The molecule has 1 atom stereocenters. The van der Waals surface area contributed by atoms with Gasteiger partial charge in [-0.05, 0) is 38.2 Å². The molecular weight excluding hydrogens is 245 g/mol. The fraction of sp³-hybridized carbons (Fsp3) is 0.500. The number of alkyl halides is 1. The summed E-state index contributed by atoms with van der Waals surface area (Å²) in [7, 11) is 5.68. The van der Waals surface area contributed by atoms with Crippen molar-refractivity contribution in [3.8, 4) is 5.75 Å². The Morgan fingerprint density at radius 3 is 2.50 bits per heavy atom. The molecule has 0 heterocycles. The van der Waals surface area contributed by atoms with E-state index in [1.54, 1.807) is 7.11 Å². The summed E-state index contributed by atoms with van der Waals surface area (Å²) in [4.78, 5) is 2.12. The van der Waals surface area contributed by atoms with E-state index in [4.69, 9.17) is 27.9 Å². The molecule has 0 amide bonds. The third-order valence-corrected chi connectivity index (χ3v) is 3.12. The highest BCUT2D eigenvalue weighted by Gasteiger charge is 2.16. The van der Waals surface area contributed by atoms with E-state index in [-0.39, 0.29) is 6.04 Å². The van der Waals surface area contributed by atoms with Gasteiger partial charge in [-0.1, -0.05) is 17.7 Å². The Kier molecular flexibility index (Phi) is 5.39. The van der Waals surface area contributed by atoms with Crippen LogP contribution in [0.2, 0.25) is 5.02 Å². The fourth-order valence-electron chi connectivity index (χ4n) is 1.70. The van der Waals surface area contributed by atoms with Crippen LogP contribution < -0.4 is 4.74 Å². The Hall–Kier alpha value is -0.440. The van der Waals surface area contributed by atoms with Crippen molar-refractivity contribution < 1.29 is 4.74 Å². The number of halogens is 2. The normalized spacial score (nSPS) is 12.9. The van der Waals surface area contributed by atoms with Gasteiger partial charge in [-0.3, -0.25) is 0 Å². The number of hydrogen-bond donors (Lipinski definition) is 0. The van der Waals surface area contributed by atoms with Crippen molar-refractivity contribution in [3.63, 3.8) is 0 Å². The summed E-state index contributed by atoms with van der Waals surface area (Å²) in [6.45, 7) is 0. The van der Waals surface area contributed by atoms with Crippen molar-refractivity contribution >= 4 is 23.2 Å². The van der Waals surface area contributed by atoms with Gasteiger partial charge in [-0.15, -0.1) is 11.6 Å². The van der Waals surface area contributed by atoms with E-state index in [2.05, 4.69) is 4.90 Å². The summed E-state index contributed by atoms with van der Waals surface area (Å²) in [5.74, 6) is 1.39. The molecule has 1 aromatic carbocycles. The molecular formula is C12H17Cl2NO. The second-order valence-corrected chi connectivity index (χ2v) is 4.63. The minimum absolute atomic E-state index is 0.246. The average molecular weight is 262 g/mol. The molecule has 1 unspecified atom stereocenters. The van der Waals surface area contributed by atoms with Crippen LogP contribution in [-0.2, 0) is 0 Å². The van der Waals surface area contributed by atoms with E-state index >= 15 is 0 Å². The van der Waals surface area contributed by atoms with Gasteiger partial charge in [-0.25, -0.2) is 0 Å². The van der Waals surface area contributed by atoms with Crippen molar-refractivity contribution in [2.24, 2.45) is 0 Å². The van der Waals surface area contributed by atoms with Gasteiger partial charge in [0.15, 0.2) is 0 Å². The molecule has 0 N–H and O–H groups in total. The molecule has 16 heavy (non-hydrogen) atoms. The lowest BCUT2D eigenvalue weighted by Crippen LogP contribution is -2.20. The van der Waals surface area contributed by atoms with Gasteiger partial charge in [0, 0.05) is 16.9 Å². The largest absolute Gasteiger partial charge is 0.497 e. The minimum atomic E-state index is 0.246. The highest BCUT2D eigenvalue weighted by Crippen LogP contribution is 2.31. The number of hydrogen-bond acceptors (Lipinski definition) is 2. The first-order chi connectivity index (χ1) is 7.60. The fourth-order valence-corrected chi connectivity index (χ4v) is 2.20. The number of ether oxygens (including phenoxy) is 1. The maximum Gasteiger partial charge on any atom is 0.120 e. The zero-order valence-electron chi connectivity index (χ0n) is 9.84. The average Bonchev–Trinajstić information content (AvgIpc) is 2.26. The Morgan fingerprint density at radius 2 is 2.06 bits per heavy atom. The van der Waals surface area contributed by atoms with Crippen LogP contribution in [0, 0.1) is 0 Å². The van der Waals surface area contributed by atoms with Crippen LogP contribution in [0.25, 0.3) is 0 Å². The van der Waals surface area contributed by atoms with Gasteiger partial charge in [0.25, 0.3) is 0 Å². The van der Waals surface area contributed by atoms with E-state index in [9.17, 15) is 0 Å². The summed E-state index contributed by atoms with van der Waals surface area (Å²) >= 11 is 12.0. The monoisotopic (exact) mass is 261 g/mol. The molecule has 1 rings (SSSR count). The maximum absolute atomic E-state index is 6.23. The Labute approximate surface area is 107 Å². The van der Waals surface area contributed by atoms with Gasteiger partial charge >= 0.3 is 0 Å². The second-order valence-electron chi connectivity index (χ2n) is 3.84. The molecule has 0 aliphatic rings. The Bertz CT molecular complexity index is 342. The SMILES string of the molecule is COc1ccc(C(CCCl)N(C)C)c(Cl)c1. The first kappa shape index (κ1) is 13.6. The molecule has 0 bridgehead atoms. The second kappa shape index (κ2) is 6.33. The Morgan fingerprint density at radius 1 is 1.38 bits per heavy atom. The quantitative estimate of drug-likeness (QED) is 0.752. The molecule has 0 saturated carbocycles. The first-order valence-corrected chi connectivity index (χ1v) is 6.07. The van der Waals surface area contributed by atoms with E-state index in [0.717, 1.165) is 22.8 Å². The summed E-state index contributed by atoms with van der Waals surface area (Å²) in [6.07, 6.45) is 0.876. The molecule has 0 saturated heterocycles. The standard InChI is InChI=1S/C12H17Cl2NO/c1-15(2)12(6-7-13)10-5-4-9(16-3)8-11(10)14/h4-5,8,12H,6-7H2,1-3H3. The molecule has 0 aliphatic heterocycles.